The number of hydrogen-bond donors (Lipinski definition) is 0. The Balaban J connectivity index is 1.70. The van der Waals surface area contributed by atoms with Gasteiger partial charge >= 0.3 is 0 Å². The Bertz CT molecular complexity index is 1040. The number of nitrogens with zero attached hydrogens (tertiary/aromatic N) is 3. The number of halogens is 2. The van der Waals surface area contributed by atoms with Gasteiger partial charge in [-0.2, -0.15) is 5.10 Å². The van der Waals surface area contributed by atoms with Gasteiger partial charge in [-0.25, -0.2) is 18.4 Å². The summed E-state index contributed by atoms with van der Waals surface area (Å²) in [4.78, 5) is 5.85. The molecule has 0 saturated heterocycles. The topological polar surface area (TPSA) is 30.7 Å². The Labute approximate surface area is 161 Å². The number of benzene rings is 1. The van der Waals surface area contributed by atoms with Crippen molar-refractivity contribution in [2.24, 2.45) is 0 Å². The highest BCUT2D eigenvalue weighted by Crippen LogP contribution is 2.56. The van der Waals surface area contributed by atoms with E-state index in [9.17, 15) is 8.78 Å². The number of fused-ring (bicyclic) bond motifs is 5. The largest absolute Gasteiger partial charge is 0.242 e. The monoisotopic (exact) mass is 385 g/mol. The van der Waals surface area contributed by atoms with Crippen LogP contribution < -0.4 is 0 Å². The second-order valence-corrected chi connectivity index (χ2v) is 9.67. The van der Waals surface area contributed by atoms with Crippen molar-refractivity contribution in [3.8, 4) is 16.4 Å². The molecule has 0 radical (unpaired) electrons. The highest BCUT2D eigenvalue weighted by molar-refractivity contribution is 7.15. The third-order valence-corrected chi connectivity index (χ3v) is 7.20. The molecule has 1 aromatic carbocycles. The van der Waals surface area contributed by atoms with E-state index in [4.69, 9.17) is 5.10 Å². The molecular weight excluding hydrogens is 364 g/mol. The number of thiazole rings is 1. The Hall–Kier alpha value is -2.08. The van der Waals surface area contributed by atoms with E-state index in [1.807, 2.05) is 6.20 Å². The molecule has 0 N–H and O–H groups in total. The van der Waals surface area contributed by atoms with Gasteiger partial charge in [-0.3, -0.25) is 0 Å². The van der Waals surface area contributed by atoms with Gasteiger partial charge in [0.15, 0.2) is 5.82 Å². The highest BCUT2D eigenvalue weighted by Gasteiger charge is 2.43. The fraction of sp³-hybridized carbons (Fsp3) is 0.429. The van der Waals surface area contributed by atoms with E-state index in [2.05, 4.69) is 25.8 Å². The molecule has 0 amide bonds. The first-order valence-corrected chi connectivity index (χ1v) is 10.2. The van der Waals surface area contributed by atoms with Gasteiger partial charge in [0.1, 0.15) is 22.2 Å². The molecular formula is C21H21F2N3S. The minimum Gasteiger partial charge on any atom is -0.242 e. The molecule has 5 rings (SSSR count). The smallest absolute Gasteiger partial charge is 0.151 e. The van der Waals surface area contributed by atoms with Crippen LogP contribution in [0.4, 0.5) is 8.78 Å². The average Bonchev–Trinajstić information content (AvgIpc) is 3.35. The maximum absolute atomic E-state index is 14.5. The summed E-state index contributed by atoms with van der Waals surface area (Å²) < 4.78 is 29.6. The summed E-state index contributed by atoms with van der Waals surface area (Å²) in [6, 6.07) is 3.70. The Morgan fingerprint density at radius 1 is 1.15 bits per heavy atom. The summed E-state index contributed by atoms with van der Waals surface area (Å²) in [6.45, 7) is 6.51. The predicted molar refractivity (Wildman–Crippen MR) is 103 cm³/mol. The van der Waals surface area contributed by atoms with E-state index in [-0.39, 0.29) is 5.41 Å². The first kappa shape index (κ1) is 17.0. The van der Waals surface area contributed by atoms with Gasteiger partial charge in [0.2, 0.25) is 0 Å². The molecule has 2 aromatic heterocycles. The standard InChI is InChI=1S/C21H21F2N3S/c1-21(2,3)16-10-24-20(27-16)18-17-11-4-5-12(8-11)19(17)26(25-18)15-7-6-13(22)9-14(15)23/h6-7,9-12H,4-5,8H2,1-3H3/t11-,12-/m1/s1. The molecule has 27 heavy (non-hydrogen) atoms. The molecule has 1 saturated carbocycles. The van der Waals surface area contributed by atoms with Gasteiger partial charge in [-0.05, 0) is 42.7 Å². The molecule has 2 bridgehead atoms. The normalized spacial score (nSPS) is 21.1. The molecule has 2 aliphatic rings. The molecule has 1 fully saturated rings. The minimum absolute atomic E-state index is 0.0315. The van der Waals surface area contributed by atoms with Gasteiger partial charge in [0, 0.05) is 28.6 Å². The average molecular weight is 385 g/mol. The Morgan fingerprint density at radius 3 is 2.63 bits per heavy atom. The van der Waals surface area contributed by atoms with Crippen LogP contribution in [0, 0.1) is 11.6 Å². The quantitative estimate of drug-likeness (QED) is 0.547. The van der Waals surface area contributed by atoms with Crippen LogP contribution in [0.2, 0.25) is 0 Å². The van der Waals surface area contributed by atoms with Gasteiger partial charge in [-0.15, -0.1) is 11.3 Å². The van der Waals surface area contributed by atoms with Crippen LogP contribution >= 0.6 is 11.3 Å². The van der Waals surface area contributed by atoms with E-state index in [1.54, 1.807) is 16.0 Å². The van der Waals surface area contributed by atoms with Gasteiger partial charge < -0.3 is 0 Å². The van der Waals surface area contributed by atoms with Crippen molar-refractivity contribution in [3.05, 3.63) is 52.2 Å². The summed E-state index contributed by atoms with van der Waals surface area (Å²) in [5, 5.41) is 5.69. The molecule has 3 nitrogen and oxygen atoms in total. The van der Waals surface area contributed by atoms with Crippen molar-refractivity contribution >= 4 is 11.3 Å². The van der Waals surface area contributed by atoms with Crippen LogP contribution in [0.25, 0.3) is 16.4 Å². The van der Waals surface area contributed by atoms with E-state index in [0.717, 1.165) is 41.7 Å². The van der Waals surface area contributed by atoms with Crippen molar-refractivity contribution in [2.45, 2.75) is 57.3 Å². The van der Waals surface area contributed by atoms with Crippen molar-refractivity contribution < 1.29 is 8.78 Å². The first-order valence-electron chi connectivity index (χ1n) is 9.38. The predicted octanol–water partition coefficient (Wildman–Crippen LogP) is 5.94. The van der Waals surface area contributed by atoms with E-state index >= 15 is 0 Å². The molecule has 140 valence electrons. The van der Waals surface area contributed by atoms with Crippen LogP contribution in [0.15, 0.2) is 24.4 Å². The van der Waals surface area contributed by atoms with Crippen molar-refractivity contribution in [1.29, 1.82) is 0 Å². The molecule has 2 aliphatic carbocycles. The number of rotatable bonds is 2. The molecule has 2 heterocycles. The van der Waals surface area contributed by atoms with Gasteiger partial charge in [0.05, 0.1) is 5.69 Å². The second-order valence-electron chi connectivity index (χ2n) is 8.64. The second kappa shape index (κ2) is 5.71. The molecule has 0 unspecified atom stereocenters. The van der Waals surface area contributed by atoms with Crippen LogP contribution in [-0.4, -0.2) is 14.8 Å². The zero-order valence-electron chi connectivity index (χ0n) is 15.6. The van der Waals surface area contributed by atoms with Crippen LogP contribution in [0.1, 0.15) is 68.0 Å². The van der Waals surface area contributed by atoms with Crippen LogP contribution in [0.3, 0.4) is 0 Å². The third-order valence-electron chi connectivity index (χ3n) is 5.77. The number of aromatic nitrogens is 3. The molecule has 6 heteroatoms. The fourth-order valence-corrected chi connectivity index (χ4v) is 5.43. The van der Waals surface area contributed by atoms with Crippen LogP contribution in [0.5, 0.6) is 0 Å². The Morgan fingerprint density at radius 2 is 1.93 bits per heavy atom. The van der Waals surface area contributed by atoms with Crippen molar-refractivity contribution in [3.63, 3.8) is 0 Å². The summed E-state index contributed by atoms with van der Waals surface area (Å²) in [5.74, 6) is -0.280. The Kier molecular flexibility index (Phi) is 3.60. The third kappa shape index (κ3) is 2.57. The maximum atomic E-state index is 14.5. The first-order chi connectivity index (χ1) is 12.8. The maximum Gasteiger partial charge on any atom is 0.151 e. The van der Waals surface area contributed by atoms with Crippen molar-refractivity contribution in [2.75, 3.05) is 0 Å². The summed E-state index contributed by atoms with van der Waals surface area (Å²) in [6.07, 6.45) is 5.29. The summed E-state index contributed by atoms with van der Waals surface area (Å²) >= 11 is 1.66. The lowest BCUT2D eigenvalue weighted by atomic mass is 9.95. The zero-order valence-corrected chi connectivity index (χ0v) is 16.4. The van der Waals surface area contributed by atoms with E-state index in [0.29, 0.717) is 17.5 Å². The fourth-order valence-electron chi connectivity index (χ4n) is 4.46. The SMILES string of the molecule is CC(C)(C)c1cnc(-c2nn(-c3ccc(F)cc3F)c3c2[C@@H]2CC[C@@H]3C2)s1. The molecule has 2 atom stereocenters. The molecule has 0 spiro atoms. The highest BCUT2D eigenvalue weighted by atomic mass is 32.1. The summed E-state index contributed by atoms with van der Waals surface area (Å²) in [5.41, 5.74) is 3.55. The molecule has 3 aromatic rings. The lowest BCUT2D eigenvalue weighted by Gasteiger charge is -2.14. The zero-order chi connectivity index (χ0) is 18.9. The van der Waals surface area contributed by atoms with Crippen molar-refractivity contribution in [1.82, 2.24) is 14.8 Å². The van der Waals surface area contributed by atoms with E-state index in [1.165, 1.54) is 22.6 Å². The lowest BCUT2D eigenvalue weighted by molar-refractivity contribution is 0.567. The number of hydrogen-bond acceptors (Lipinski definition) is 3. The van der Waals surface area contributed by atoms with E-state index < -0.39 is 11.6 Å². The van der Waals surface area contributed by atoms with Gasteiger partial charge in [-0.1, -0.05) is 20.8 Å². The lowest BCUT2D eigenvalue weighted by Crippen LogP contribution is -2.07. The molecule has 0 aliphatic heterocycles. The minimum atomic E-state index is -0.579. The van der Waals surface area contributed by atoms with Crippen LogP contribution in [-0.2, 0) is 5.41 Å². The van der Waals surface area contributed by atoms with Gasteiger partial charge in [0.25, 0.3) is 0 Å². The summed E-state index contributed by atoms with van der Waals surface area (Å²) in [7, 11) is 0.